The van der Waals surface area contributed by atoms with Gasteiger partial charge in [0, 0.05) is 6.61 Å². The fourth-order valence-electron chi connectivity index (χ4n) is 6.57. The minimum absolute atomic E-state index is 0.00389. The first kappa shape index (κ1) is 54.8. The van der Waals surface area contributed by atoms with Crippen molar-refractivity contribution < 1.29 is 56.2 Å². The quantitative estimate of drug-likeness (QED) is 0.0201. The maximum absolute atomic E-state index is 12.8. The highest BCUT2D eigenvalue weighted by molar-refractivity contribution is 7.80. The fourth-order valence-corrected chi connectivity index (χ4v) is 7.08. The SMILES string of the molecule is CC/C=C\C/C=C\C/C=C\C/C=C\C/C=C\CC(=O)OC(COCCCCCCCCCCCCCCCCCCC)COC1OC(CO)C(O)C(OS(=O)(=O)O)C1O. The van der Waals surface area contributed by atoms with E-state index < -0.39 is 59.8 Å². The summed E-state index contributed by atoms with van der Waals surface area (Å²) in [6.45, 7) is 3.75. The fraction of sp³-hybridized carbons (Fsp3) is 0.761. The van der Waals surface area contributed by atoms with Crippen LogP contribution < -0.4 is 0 Å². The highest BCUT2D eigenvalue weighted by atomic mass is 32.3. The largest absolute Gasteiger partial charge is 0.457 e. The molecule has 0 aromatic rings. The average molecular weight is 857 g/mol. The van der Waals surface area contributed by atoms with E-state index in [2.05, 4.69) is 60.6 Å². The molecule has 59 heavy (non-hydrogen) atoms. The number of rotatable bonds is 38. The molecule has 6 unspecified atom stereocenters. The van der Waals surface area contributed by atoms with Gasteiger partial charge in [0.2, 0.25) is 0 Å². The number of carbonyl (C=O) groups is 1. The third kappa shape index (κ3) is 31.3. The molecule has 0 bridgehead atoms. The molecule has 0 spiro atoms. The smallest absolute Gasteiger partial charge is 0.397 e. The van der Waals surface area contributed by atoms with E-state index in [1.165, 1.54) is 89.9 Å². The Balaban J connectivity index is 2.48. The van der Waals surface area contributed by atoms with E-state index in [1.54, 1.807) is 6.08 Å². The minimum atomic E-state index is -5.07. The van der Waals surface area contributed by atoms with Crippen molar-refractivity contribution in [1.29, 1.82) is 0 Å². The van der Waals surface area contributed by atoms with Gasteiger partial charge in [-0.3, -0.25) is 9.35 Å². The first-order chi connectivity index (χ1) is 28.6. The van der Waals surface area contributed by atoms with E-state index in [0.29, 0.717) is 13.0 Å². The van der Waals surface area contributed by atoms with Crippen LogP contribution in [0.4, 0.5) is 0 Å². The first-order valence-electron chi connectivity index (χ1n) is 22.5. The topological polar surface area (TPSA) is 178 Å². The van der Waals surface area contributed by atoms with Gasteiger partial charge in [-0.25, -0.2) is 4.18 Å². The molecule has 342 valence electrons. The summed E-state index contributed by atoms with van der Waals surface area (Å²) in [5.74, 6) is -0.525. The van der Waals surface area contributed by atoms with Gasteiger partial charge in [-0.2, -0.15) is 8.42 Å². The van der Waals surface area contributed by atoms with Gasteiger partial charge >= 0.3 is 16.4 Å². The van der Waals surface area contributed by atoms with Crippen molar-refractivity contribution in [3.05, 3.63) is 60.8 Å². The molecule has 1 saturated heterocycles. The third-order valence-electron chi connectivity index (χ3n) is 9.94. The van der Waals surface area contributed by atoms with Crippen LogP contribution in [0.3, 0.4) is 0 Å². The van der Waals surface area contributed by atoms with Gasteiger partial charge in [0.1, 0.15) is 30.5 Å². The number of unbranched alkanes of at least 4 members (excludes halogenated alkanes) is 16. The summed E-state index contributed by atoms with van der Waals surface area (Å²) in [5.41, 5.74) is 0. The van der Waals surface area contributed by atoms with Gasteiger partial charge in [-0.15, -0.1) is 0 Å². The predicted octanol–water partition coefficient (Wildman–Crippen LogP) is 9.35. The molecular formula is C46H80O12S. The van der Waals surface area contributed by atoms with Crippen LogP contribution in [-0.2, 0) is 38.3 Å². The molecular weight excluding hydrogens is 777 g/mol. The molecule has 1 aliphatic rings. The Morgan fingerprint density at radius 2 is 1.10 bits per heavy atom. The molecule has 1 fully saturated rings. The summed E-state index contributed by atoms with van der Waals surface area (Å²) in [6.07, 6.45) is 37.1. The molecule has 0 aromatic carbocycles. The number of allylic oxidation sites excluding steroid dienone is 9. The average Bonchev–Trinajstić information content (AvgIpc) is 3.20. The molecule has 1 aliphatic heterocycles. The van der Waals surface area contributed by atoms with Crippen molar-refractivity contribution >= 4 is 16.4 Å². The second-order valence-corrected chi connectivity index (χ2v) is 16.3. The van der Waals surface area contributed by atoms with Crippen LogP contribution in [0.1, 0.15) is 162 Å². The molecule has 0 saturated carbocycles. The van der Waals surface area contributed by atoms with E-state index >= 15 is 0 Å². The van der Waals surface area contributed by atoms with Crippen molar-refractivity contribution in [3.63, 3.8) is 0 Å². The van der Waals surface area contributed by atoms with Crippen LogP contribution in [0.15, 0.2) is 60.8 Å². The number of carbonyl (C=O) groups excluding carboxylic acids is 1. The predicted molar refractivity (Wildman–Crippen MR) is 234 cm³/mol. The lowest BCUT2D eigenvalue weighted by atomic mass is 9.99. The summed E-state index contributed by atoms with van der Waals surface area (Å²) in [7, 11) is -5.07. The first-order valence-corrected chi connectivity index (χ1v) is 23.9. The number of hydrogen-bond acceptors (Lipinski definition) is 11. The Morgan fingerprint density at radius 1 is 0.644 bits per heavy atom. The van der Waals surface area contributed by atoms with Crippen LogP contribution in [0.25, 0.3) is 0 Å². The Bertz CT molecular complexity index is 1260. The van der Waals surface area contributed by atoms with E-state index in [0.717, 1.165) is 44.9 Å². The molecule has 13 heteroatoms. The van der Waals surface area contributed by atoms with Crippen molar-refractivity contribution in [3.8, 4) is 0 Å². The standard InChI is InChI=1S/C46H80O12S/c1-3-5-7-9-11-13-15-17-19-20-22-24-26-28-30-32-34-36-54-38-40(39-55-46-44(50)45(58-59(51,52)53)43(49)41(37-47)57-46)56-42(48)35-33-31-29-27-25-23-21-18-16-14-12-10-8-6-4-2/h6,8,12,14,18,21,25,27,31,33,40-41,43-47,49-50H,3-5,7,9-11,13,15-17,19-20,22-24,26,28-30,32,34-39H2,1-2H3,(H,51,52,53)/b8-6-,14-12-,21-18-,27-25-,33-31-. The second kappa shape index (κ2) is 37.6. The van der Waals surface area contributed by atoms with Gasteiger partial charge in [0.05, 0.1) is 26.2 Å². The lowest BCUT2D eigenvalue weighted by Gasteiger charge is -2.41. The summed E-state index contributed by atoms with van der Waals surface area (Å²) < 4.78 is 58.9. The molecule has 0 aliphatic carbocycles. The zero-order valence-electron chi connectivity index (χ0n) is 36.3. The van der Waals surface area contributed by atoms with E-state index in [9.17, 15) is 28.5 Å². The number of aliphatic hydroxyl groups excluding tert-OH is 3. The Kier molecular flexibility index (Phi) is 34.9. The van der Waals surface area contributed by atoms with Gasteiger partial charge in [0.15, 0.2) is 6.29 Å². The van der Waals surface area contributed by atoms with Crippen LogP contribution in [0.2, 0.25) is 0 Å². The zero-order chi connectivity index (χ0) is 43.2. The lowest BCUT2D eigenvalue weighted by molar-refractivity contribution is -0.301. The summed E-state index contributed by atoms with van der Waals surface area (Å²) in [4.78, 5) is 12.8. The van der Waals surface area contributed by atoms with Crippen LogP contribution in [0, 0.1) is 0 Å². The molecule has 0 amide bonds. The third-order valence-corrected chi connectivity index (χ3v) is 10.4. The van der Waals surface area contributed by atoms with E-state index in [1.807, 2.05) is 12.2 Å². The van der Waals surface area contributed by atoms with Crippen molar-refractivity contribution in [1.82, 2.24) is 0 Å². The zero-order valence-corrected chi connectivity index (χ0v) is 37.1. The number of ether oxygens (including phenoxy) is 4. The molecule has 4 N–H and O–H groups in total. The monoisotopic (exact) mass is 857 g/mol. The summed E-state index contributed by atoms with van der Waals surface area (Å²) in [5, 5.41) is 30.6. The van der Waals surface area contributed by atoms with E-state index in [-0.39, 0.29) is 19.6 Å². The van der Waals surface area contributed by atoms with Crippen molar-refractivity contribution in [2.24, 2.45) is 0 Å². The normalized spacial score (nSPS) is 20.9. The summed E-state index contributed by atoms with van der Waals surface area (Å²) in [6, 6.07) is 0. The summed E-state index contributed by atoms with van der Waals surface area (Å²) >= 11 is 0. The van der Waals surface area contributed by atoms with Gasteiger partial charge in [-0.1, -0.05) is 177 Å². The minimum Gasteiger partial charge on any atom is -0.457 e. The maximum Gasteiger partial charge on any atom is 0.397 e. The van der Waals surface area contributed by atoms with Gasteiger partial charge < -0.3 is 34.3 Å². The van der Waals surface area contributed by atoms with Crippen molar-refractivity contribution in [2.45, 2.75) is 198 Å². The van der Waals surface area contributed by atoms with Gasteiger partial charge in [-0.05, 0) is 38.5 Å². The maximum atomic E-state index is 12.8. The van der Waals surface area contributed by atoms with Crippen molar-refractivity contribution in [2.75, 3.05) is 26.4 Å². The molecule has 6 atom stereocenters. The molecule has 12 nitrogen and oxygen atoms in total. The van der Waals surface area contributed by atoms with E-state index in [4.69, 9.17) is 23.5 Å². The lowest BCUT2D eigenvalue weighted by Crippen LogP contribution is -2.60. The second-order valence-electron chi connectivity index (χ2n) is 15.3. The molecule has 0 radical (unpaired) electrons. The number of hydrogen-bond donors (Lipinski definition) is 4. The Morgan fingerprint density at radius 3 is 1.56 bits per heavy atom. The van der Waals surface area contributed by atoms with Crippen LogP contribution in [0.5, 0.6) is 0 Å². The number of esters is 1. The highest BCUT2D eigenvalue weighted by Crippen LogP contribution is 2.26. The molecule has 1 heterocycles. The Hall–Kier alpha value is -2.20. The van der Waals surface area contributed by atoms with Gasteiger partial charge in [0.25, 0.3) is 0 Å². The highest BCUT2D eigenvalue weighted by Gasteiger charge is 2.48. The Labute approximate surface area is 357 Å². The van der Waals surface area contributed by atoms with Crippen LogP contribution >= 0.6 is 0 Å². The molecule has 1 rings (SSSR count). The molecule has 0 aromatic heterocycles. The van der Waals surface area contributed by atoms with Crippen LogP contribution in [-0.4, -0.2) is 97.5 Å². The number of aliphatic hydroxyl groups is 3.